The fraction of sp³-hybridized carbons (Fsp3) is 0.471. The van der Waals surface area contributed by atoms with E-state index in [1.54, 1.807) is 62.4 Å². The zero-order valence-corrected chi connectivity index (χ0v) is 83.8. The van der Waals surface area contributed by atoms with Crippen LogP contribution < -0.4 is 14.2 Å². The van der Waals surface area contributed by atoms with E-state index in [2.05, 4.69) is 118 Å². The minimum absolute atomic E-state index is 0.0129. The molecule has 16 rings (SSSR count). The van der Waals surface area contributed by atoms with Crippen LogP contribution in [0.25, 0.3) is 0 Å². The first-order chi connectivity index (χ1) is 63.3. The standard InChI is InChI=1S/C39H44F4O6S2.C32H35F5O6S2.C31H36F2O6S2/c1-24(39(42,43)51(44,45)46)48-31-10-16-34(17-11-31)50(32-12-6-27(7-13-32)35(2,3)4)33-14-8-28(9-15-33)36(5)47-23-37(40,41)38(49-36)29-19-25-18-26(21-29)22-30(38)20-25;1-21(31(33,34)45(38,39)40)43-24-11-17-27(18-12-24)44(25-13-7-22(8-14-25)28(2,3)4)26-15-9-23(10-16-26)30(6)41-19-29(5,20-42-30)32(35,36)37;1-21-19-37-30(6,38-20-21)24-9-15-27(16-10-24)40(26-13-7-23(8-14-26)29(3,4)5)28-17-11-25(12-18-28)39-22(2)31(32,33)41(34,35)36/h6-17,24-26,29-30H,18-23H2,1-5H3;7-18,21H,19-20H2,1-6H3;7-18,21-22H,19-20H2,1-6H3. The molecule has 4 saturated carbocycles. The van der Waals surface area contributed by atoms with Crippen LogP contribution >= 0.6 is 0 Å². The number of hydrogen-bond acceptors (Lipinski definition) is 18. The second-order valence-corrected chi connectivity index (χ2v) is 50.4. The first-order valence-electron chi connectivity index (χ1n) is 44.8. The maximum absolute atomic E-state index is 16.0. The zero-order valence-electron chi connectivity index (χ0n) is 78.9. The highest BCUT2D eigenvalue weighted by Crippen LogP contribution is 2.67. The van der Waals surface area contributed by atoms with Crippen molar-refractivity contribution in [1.29, 1.82) is 0 Å². The third kappa shape index (κ3) is 22.6. The van der Waals surface area contributed by atoms with Crippen molar-refractivity contribution in [2.75, 3.05) is 33.0 Å². The summed E-state index contributed by atoms with van der Waals surface area (Å²) in [6, 6.07) is 66.6. The van der Waals surface area contributed by atoms with Gasteiger partial charge in [0.1, 0.15) is 34.9 Å². The topological polar surface area (TPSA) is 255 Å². The molecule has 18 nitrogen and oxygen atoms in total. The van der Waals surface area contributed by atoms with Crippen LogP contribution in [0.1, 0.15) is 183 Å². The summed E-state index contributed by atoms with van der Waals surface area (Å²) in [5.41, 5.74) is 1.70. The molecule has 7 aliphatic rings. The summed E-state index contributed by atoms with van der Waals surface area (Å²) in [5.74, 6) is -5.77. The average Bonchev–Trinajstić information content (AvgIpc) is 0.686. The first-order valence-corrected chi connectivity index (χ1v) is 52.7. The van der Waals surface area contributed by atoms with Gasteiger partial charge >= 0.3 is 21.9 Å². The molecular weight excluding hydrogens is 1910 g/mol. The van der Waals surface area contributed by atoms with Gasteiger partial charge in [-0.2, -0.15) is 39.5 Å². The van der Waals surface area contributed by atoms with E-state index in [1.165, 1.54) is 42.0 Å². The molecule has 3 aliphatic heterocycles. The third-order valence-corrected chi connectivity index (χ3v) is 36.1. The van der Waals surface area contributed by atoms with Gasteiger partial charge in [-0.15, -0.1) is 0 Å². The summed E-state index contributed by atoms with van der Waals surface area (Å²) in [4.78, 5) is 8.22. The lowest BCUT2D eigenvalue weighted by Gasteiger charge is -2.65. The minimum Gasteiger partial charge on any atom is -0.743 e. The summed E-state index contributed by atoms with van der Waals surface area (Å²) in [6.07, 6.45) is -6.82. The Bertz CT molecular complexity index is 6010. The lowest BCUT2D eigenvalue weighted by Crippen LogP contribution is -2.73. The van der Waals surface area contributed by atoms with Crippen LogP contribution in [0.2, 0.25) is 0 Å². The van der Waals surface area contributed by atoms with Crippen LogP contribution in [0.15, 0.2) is 262 Å². The predicted molar refractivity (Wildman–Crippen MR) is 496 cm³/mol. The van der Waals surface area contributed by atoms with Crippen molar-refractivity contribution in [3.8, 4) is 17.2 Å². The van der Waals surface area contributed by atoms with E-state index >= 15 is 8.78 Å². The number of alkyl halides is 11. The van der Waals surface area contributed by atoms with E-state index < -0.39 is 157 Å². The van der Waals surface area contributed by atoms with Gasteiger partial charge in [0.2, 0.25) is 0 Å². The number of benzene rings is 9. The van der Waals surface area contributed by atoms with Gasteiger partial charge < -0.3 is 56.3 Å². The smallest absolute Gasteiger partial charge is 0.398 e. The Hall–Kier alpha value is -7.85. The Labute approximate surface area is 803 Å². The highest BCUT2D eigenvalue weighted by molar-refractivity contribution is 7.97. The third-order valence-electron chi connectivity index (χ3n) is 26.4. The monoisotopic (exact) mass is 2030 g/mol. The lowest BCUT2D eigenvalue weighted by molar-refractivity contribution is -0.440. The van der Waals surface area contributed by atoms with Crippen molar-refractivity contribution in [2.45, 2.75) is 279 Å². The Kier molecular flexibility index (Phi) is 30.4. The van der Waals surface area contributed by atoms with Crippen molar-refractivity contribution in [1.82, 2.24) is 0 Å². The summed E-state index contributed by atoms with van der Waals surface area (Å²) in [5, 5.41) is -13.8. The molecule has 3 heterocycles. The number of hydrogen-bond donors (Lipinski definition) is 0. The molecule has 7 atom stereocenters. The predicted octanol–water partition coefficient (Wildman–Crippen LogP) is 23.6. The van der Waals surface area contributed by atoms with Gasteiger partial charge in [-0.05, 0) is 319 Å². The minimum atomic E-state index is -5.93. The van der Waals surface area contributed by atoms with Crippen molar-refractivity contribution in [2.24, 2.45) is 35.0 Å². The van der Waals surface area contributed by atoms with Gasteiger partial charge in [-0.1, -0.05) is 106 Å². The SMILES string of the molecule is CC(Oc1ccc([S+](c2ccc(C(C)(C)C)cc2)c2ccc(C3(C)OCC(C)(C(F)(F)F)CO3)cc2)cc1)C(F)(F)S(=O)(=O)[O-].CC(Oc1ccc([S+](c2ccc(C(C)(C)C)cc2)c2ccc(C3(C)OCC(F)(F)C4(O3)C3CC5CC(C3)CC4C5)cc2)cc1)C(F)(F)S(=O)(=O)[O-].CC1COC(C)(c2ccc([S+](c3ccc(OC(C)C(F)(F)S(=O)(=O)[O-])cc3)c3ccc(C(C)(C)C)cc3)cc2)OC1. The largest absolute Gasteiger partial charge is 0.743 e. The molecule has 7 fully saturated rings. The summed E-state index contributed by atoms with van der Waals surface area (Å²) in [7, 11) is -19.7. The fourth-order valence-corrected chi connectivity index (χ4v) is 25.5. The fourth-order valence-electron chi connectivity index (χ4n) is 18.0. The number of halogens is 11. The van der Waals surface area contributed by atoms with E-state index in [4.69, 9.17) is 42.6 Å². The van der Waals surface area contributed by atoms with Gasteiger partial charge in [0, 0.05) is 22.6 Å². The van der Waals surface area contributed by atoms with Gasteiger partial charge in [-0.3, -0.25) is 0 Å². The molecule has 7 unspecified atom stereocenters. The molecule has 1 spiro atoms. The molecule has 0 N–H and O–H groups in total. The van der Waals surface area contributed by atoms with Gasteiger partial charge in [0.25, 0.3) is 5.92 Å². The van der Waals surface area contributed by atoms with Crippen LogP contribution in [0, 0.1) is 35.0 Å². The highest BCUT2D eigenvalue weighted by atomic mass is 32.2. The van der Waals surface area contributed by atoms with Crippen molar-refractivity contribution < 1.29 is 130 Å². The second-order valence-electron chi connectivity index (χ2n) is 39.9. The zero-order chi connectivity index (χ0) is 101. The van der Waals surface area contributed by atoms with Gasteiger partial charge in [0.05, 0.1) is 59.1 Å². The molecule has 0 aromatic heterocycles. The second kappa shape index (κ2) is 39.1. The highest BCUT2D eigenvalue weighted by Gasteiger charge is 2.73. The summed E-state index contributed by atoms with van der Waals surface area (Å²) < 4.78 is 307. The molecule has 3 saturated heterocycles. The van der Waals surface area contributed by atoms with Crippen molar-refractivity contribution >= 4 is 63.0 Å². The first kappa shape index (κ1) is 106. The van der Waals surface area contributed by atoms with Crippen LogP contribution in [-0.2, 0) is 125 Å². The maximum Gasteiger partial charge on any atom is 0.398 e. The molecule has 744 valence electrons. The molecule has 0 amide bonds. The normalized spacial score (nSPS) is 25.7. The van der Waals surface area contributed by atoms with Crippen LogP contribution in [0.4, 0.5) is 48.3 Å². The molecule has 9 aromatic rings. The van der Waals surface area contributed by atoms with Crippen LogP contribution in [0.5, 0.6) is 17.2 Å². The van der Waals surface area contributed by atoms with E-state index in [0.717, 1.165) is 121 Å². The number of rotatable bonds is 24. The van der Waals surface area contributed by atoms with E-state index in [0.29, 0.717) is 42.1 Å². The molecule has 35 heteroatoms. The van der Waals surface area contributed by atoms with Crippen molar-refractivity contribution in [3.63, 3.8) is 0 Å². The van der Waals surface area contributed by atoms with E-state index in [9.17, 15) is 78.4 Å². The Morgan fingerprint density at radius 1 is 0.343 bits per heavy atom. The van der Waals surface area contributed by atoms with Gasteiger partial charge in [0.15, 0.2) is 110 Å². The van der Waals surface area contributed by atoms with Crippen molar-refractivity contribution in [3.05, 3.63) is 252 Å². The van der Waals surface area contributed by atoms with Gasteiger partial charge in [-0.25, -0.2) is 34.0 Å². The molecule has 137 heavy (non-hydrogen) atoms. The lowest BCUT2D eigenvalue weighted by atomic mass is 9.48. The van der Waals surface area contributed by atoms with E-state index in [1.807, 2.05) is 91.9 Å². The molecule has 4 aliphatic carbocycles. The Morgan fingerprint density at radius 2 is 0.569 bits per heavy atom. The maximum atomic E-state index is 16.0. The Balaban J connectivity index is 0.000000175. The summed E-state index contributed by atoms with van der Waals surface area (Å²) in [6.45, 7) is 29.4. The molecule has 0 radical (unpaired) electrons. The molecule has 4 bridgehead atoms. The average molecular weight is 2030 g/mol. The Morgan fingerprint density at radius 3 is 0.810 bits per heavy atom. The number of ether oxygens (including phenoxy) is 9. The van der Waals surface area contributed by atoms with E-state index in [-0.39, 0.29) is 45.3 Å². The van der Waals surface area contributed by atoms with Crippen LogP contribution in [-0.4, -0.2) is 124 Å². The van der Waals surface area contributed by atoms with Crippen LogP contribution in [0.3, 0.4) is 0 Å². The quantitative estimate of drug-likeness (QED) is 0.0309. The summed E-state index contributed by atoms with van der Waals surface area (Å²) >= 11 is 0. The molecule has 9 aromatic carbocycles. The molecular formula is C102H115F11O18S6.